The van der Waals surface area contributed by atoms with Crippen LogP contribution in [0.5, 0.6) is 0 Å². The number of hydrogen-bond donors (Lipinski definition) is 1. The molecule has 0 aromatic heterocycles. The molecular formula is C19H28N2O3. The SMILES string of the molecule is CCN(Cc1ccc(C(C)C)cc1)C(=O)[C@H]1CCCN(C(=O)O)C1. The highest BCUT2D eigenvalue weighted by molar-refractivity contribution is 5.80. The Bertz CT molecular complexity index is 568. The van der Waals surface area contributed by atoms with Crippen molar-refractivity contribution >= 4 is 12.0 Å². The van der Waals surface area contributed by atoms with Gasteiger partial charge in [-0.3, -0.25) is 4.79 Å². The third-order valence-corrected chi connectivity index (χ3v) is 4.75. The highest BCUT2D eigenvalue weighted by atomic mass is 16.4. The molecular weight excluding hydrogens is 304 g/mol. The summed E-state index contributed by atoms with van der Waals surface area (Å²) in [4.78, 5) is 27.1. The van der Waals surface area contributed by atoms with Crippen LogP contribution < -0.4 is 0 Å². The maximum Gasteiger partial charge on any atom is 0.407 e. The molecule has 1 aliphatic rings. The average Bonchev–Trinajstić information content (AvgIpc) is 2.59. The molecule has 1 aromatic rings. The highest BCUT2D eigenvalue weighted by Gasteiger charge is 2.30. The summed E-state index contributed by atoms with van der Waals surface area (Å²) in [5.74, 6) is 0.341. The summed E-state index contributed by atoms with van der Waals surface area (Å²) in [6.07, 6.45) is 0.592. The van der Waals surface area contributed by atoms with Gasteiger partial charge in [-0.1, -0.05) is 38.1 Å². The van der Waals surface area contributed by atoms with Gasteiger partial charge in [-0.15, -0.1) is 0 Å². The van der Waals surface area contributed by atoms with Crippen LogP contribution in [0.1, 0.15) is 50.7 Å². The first-order valence-corrected chi connectivity index (χ1v) is 8.77. The molecule has 0 unspecified atom stereocenters. The van der Waals surface area contributed by atoms with E-state index in [1.54, 1.807) is 0 Å². The van der Waals surface area contributed by atoms with Crippen molar-refractivity contribution in [2.24, 2.45) is 5.92 Å². The summed E-state index contributed by atoms with van der Waals surface area (Å²) in [5.41, 5.74) is 2.40. The zero-order chi connectivity index (χ0) is 17.7. The second-order valence-electron chi connectivity index (χ2n) is 6.82. The molecule has 1 fully saturated rings. The molecule has 1 saturated heterocycles. The van der Waals surface area contributed by atoms with Gasteiger partial charge >= 0.3 is 6.09 Å². The minimum absolute atomic E-state index is 0.0661. The number of carbonyl (C=O) groups excluding carboxylic acids is 1. The van der Waals surface area contributed by atoms with E-state index in [0.717, 1.165) is 18.4 Å². The smallest absolute Gasteiger partial charge is 0.407 e. The number of amides is 2. The van der Waals surface area contributed by atoms with Crippen LogP contribution in [-0.2, 0) is 11.3 Å². The lowest BCUT2D eigenvalue weighted by atomic mass is 9.96. The predicted molar refractivity (Wildman–Crippen MR) is 93.9 cm³/mol. The lowest BCUT2D eigenvalue weighted by Crippen LogP contribution is -2.46. The molecule has 1 atom stereocenters. The van der Waals surface area contributed by atoms with Crippen molar-refractivity contribution in [2.45, 2.75) is 46.1 Å². The van der Waals surface area contributed by atoms with E-state index in [9.17, 15) is 9.59 Å². The number of rotatable bonds is 5. The minimum atomic E-state index is -0.931. The Kier molecular flexibility index (Phi) is 6.23. The lowest BCUT2D eigenvalue weighted by Gasteiger charge is -2.33. The summed E-state index contributed by atoms with van der Waals surface area (Å²) in [5, 5.41) is 9.14. The van der Waals surface area contributed by atoms with Crippen LogP contribution >= 0.6 is 0 Å². The molecule has 0 bridgehead atoms. The van der Waals surface area contributed by atoms with E-state index >= 15 is 0 Å². The molecule has 24 heavy (non-hydrogen) atoms. The Balaban J connectivity index is 2.01. The fraction of sp³-hybridized carbons (Fsp3) is 0.579. The van der Waals surface area contributed by atoms with E-state index in [4.69, 9.17) is 5.11 Å². The van der Waals surface area contributed by atoms with Gasteiger partial charge in [0.2, 0.25) is 5.91 Å². The maximum absolute atomic E-state index is 12.8. The third kappa shape index (κ3) is 4.49. The number of piperidine rings is 1. The van der Waals surface area contributed by atoms with Crippen molar-refractivity contribution in [3.8, 4) is 0 Å². The summed E-state index contributed by atoms with van der Waals surface area (Å²) in [6, 6.07) is 8.39. The van der Waals surface area contributed by atoms with Crippen LogP contribution in [-0.4, -0.2) is 46.5 Å². The third-order valence-electron chi connectivity index (χ3n) is 4.75. The van der Waals surface area contributed by atoms with Crippen LogP contribution in [0.3, 0.4) is 0 Å². The minimum Gasteiger partial charge on any atom is -0.465 e. The molecule has 0 radical (unpaired) electrons. The van der Waals surface area contributed by atoms with Gasteiger partial charge in [-0.05, 0) is 36.8 Å². The normalized spacial score (nSPS) is 17.8. The molecule has 0 saturated carbocycles. The number of benzene rings is 1. The quantitative estimate of drug-likeness (QED) is 0.897. The maximum atomic E-state index is 12.8. The fourth-order valence-corrected chi connectivity index (χ4v) is 3.18. The largest absolute Gasteiger partial charge is 0.465 e. The Morgan fingerprint density at radius 3 is 2.50 bits per heavy atom. The Morgan fingerprint density at radius 1 is 1.29 bits per heavy atom. The van der Waals surface area contributed by atoms with Gasteiger partial charge in [0.05, 0.1) is 5.92 Å². The molecule has 2 amide bonds. The first-order chi connectivity index (χ1) is 11.4. The average molecular weight is 332 g/mol. The first kappa shape index (κ1) is 18.3. The van der Waals surface area contributed by atoms with E-state index in [0.29, 0.717) is 32.1 Å². The zero-order valence-electron chi connectivity index (χ0n) is 14.9. The van der Waals surface area contributed by atoms with Crippen molar-refractivity contribution in [3.05, 3.63) is 35.4 Å². The van der Waals surface area contributed by atoms with Crippen molar-refractivity contribution < 1.29 is 14.7 Å². The van der Waals surface area contributed by atoms with Gasteiger partial charge < -0.3 is 14.9 Å². The van der Waals surface area contributed by atoms with Crippen LogP contribution in [0.25, 0.3) is 0 Å². The first-order valence-electron chi connectivity index (χ1n) is 8.77. The van der Waals surface area contributed by atoms with Gasteiger partial charge in [-0.25, -0.2) is 4.79 Å². The number of likely N-dealkylation sites (tertiary alicyclic amines) is 1. The summed E-state index contributed by atoms with van der Waals surface area (Å²) in [6.45, 7) is 8.35. The van der Waals surface area contributed by atoms with Crippen LogP contribution in [0, 0.1) is 5.92 Å². The number of carbonyl (C=O) groups is 2. The highest BCUT2D eigenvalue weighted by Crippen LogP contribution is 2.21. The number of hydrogen-bond acceptors (Lipinski definition) is 2. The second kappa shape index (κ2) is 8.18. The van der Waals surface area contributed by atoms with Crippen LogP contribution in [0.15, 0.2) is 24.3 Å². The van der Waals surface area contributed by atoms with Gasteiger partial charge in [0.15, 0.2) is 0 Å². The number of carboxylic acid groups (broad SMARTS) is 1. The van der Waals surface area contributed by atoms with E-state index in [1.165, 1.54) is 10.5 Å². The van der Waals surface area contributed by atoms with Gasteiger partial charge in [0, 0.05) is 26.2 Å². The zero-order valence-corrected chi connectivity index (χ0v) is 14.9. The molecule has 1 heterocycles. The van der Waals surface area contributed by atoms with E-state index < -0.39 is 6.09 Å². The molecule has 1 aliphatic heterocycles. The van der Waals surface area contributed by atoms with Gasteiger partial charge in [0.25, 0.3) is 0 Å². The van der Waals surface area contributed by atoms with Crippen molar-refractivity contribution in [1.29, 1.82) is 0 Å². The molecule has 1 aromatic carbocycles. The van der Waals surface area contributed by atoms with Crippen molar-refractivity contribution in [1.82, 2.24) is 9.80 Å². The second-order valence-corrected chi connectivity index (χ2v) is 6.82. The molecule has 2 rings (SSSR count). The molecule has 5 nitrogen and oxygen atoms in total. The molecule has 0 spiro atoms. The standard InChI is InChI=1S/C19H28N2O3/c1-4-20(12-15-7-9-16(10-8-15)14(2)3)18(22)17-6-5-11-21(13-17)19(23)24/h7-10,14,17H,4-6,11-13H2,1-3H3,(H,23,24)/t17-/m0/s1. The van der Waals surface area contributed by atoms with Gasteiger partial charge in [-0.2, -0.15) is 0 Å². The molecule has 132 valence electrons. The Morgan fingerprint density at radius 2 is 1.96 bits per heavy atom. The van der Waals surface area contributed by atoms with E-state index in [1.807, 2.05) is 11.8 Å². The van der Waals surface area contributed by atoms with Crippen LogP contribution in [0.2, 0.25) is 0 Å². The monoisotopic (exact) mass is 332 g/mol. The van der Waals surface area contributed by atoms with Crippen molar-refractivity contribution in [3.63, 3.8) is 0 Å². The van der Waals surface area contributed by atoms with Crippen LogP contribution in [0.4, 0.5) is 4.79 Å². The summed E-state index contributed by atoms with van der Waals surface area (Å²) < 4.78 is 0. The molecule has 1 N–H and O–H groups in total. The predicted octanol–water partition coefficient (Wildman–Crippen LogP) is 3.55. The fourth-order valence-electron chi connectivity index (χ4n) is 3.18. The summed E-state index contributed by atoms with van der Waals surface area (Å²) >= 11 is 0. The number of nitrogens with zero attached hydrogens (tertiary/aromatic N) is 2. The molecule has 5 heteroatoms. The topological polar surface area (TPSA) is 60.9 Å². The Hall–Kier alpha value is -2.04. The Labute approximate surface area is 144 Å². The van der Waals surface area contributed by atoms with E-state index in [2.05, 4.69) is 38.1 Å². The van der Waals surface area contributed by atoms with Gasteiger partial charge in [0.1, 0.15) is 0 Å². The van der Waals surface area contributed by atoms with Crippen molar-refractivity contribution in [2.75, 3.05) is 19.6 Å². The lowest BCUT2D eigenvalue weighted by molar-refractivity contribution is -0.137. The van der Waals surface area contributed by atoms with E-state index in [-0.39, 0.29) is 11.8 Å². The summed E-state index contributed by atoms with van der Waals surface area (Å²) in [7, 11) is 0. The molecule has 0 aliphatic carbocycles.